The van der Waals surface area contributed by atoms with Crippen molar-refractivity contribution in [3.63, 3.8) is 0 Å². The molecule has 0 bridgehead atoms. The summed E-state index contributed by atoms with van der Waals surface area (Å²) in [6.07, 6.45) is 17.4. The van der Waals surface area contributed by atoms with Gasteiger partial charge in [-0.1, -0.05) is 82.9 Å². The molecule has 3 heteroatoms. The quantitative estimate of drug-likeness (QED) is 0.0752. The van der Waals surface area contributed by atoms with Crippen LogP contribution in [0.2, 0.25) is 0 Å². The predicted molar refractivity (Wildman–Crippen MR) is 177 cm³/mol. The number of benzene rings is 2. The van der Waals surface area contributed by atoms with Gasteiger partial charge in [0.1, 0.15) is 0 Å². The molecule has 0 fully saturated rings. The molecule has 0 N–H and O–H groups in total. The van der Waals surface area contributed by atoms with Crippen molar-refractivity contribution in [1.29, 1.82) is 0 Å². The second-order valence-corrected chi connectivity index (χ2v) is 10.6. The van der Waals surface area contributed by atoms with E-state index in [1.807, 2.05) is 0 Å². The number of hydrogen-bond donors (Lipinski definition) is 0. The molecule has 0 spiro atoms. The van der Waals surface area contributed by atoms with Crippen molar-refractivity contribution < 1.29 is 16.5 Å². The first kappa shape index (κ1) is 36.4. The van der Waals surface area contributed by atoms with Crippen molar-refractivity contribution in [1.82, 2.24) is 0 Å². The minimum absolute atomic E-state index is 0. The van der Waals surface area contributed by atoms with Gasteiger partial charge in [0.2, 0.25) is 0 Å². The molecule has 0 aliphatic rings. The van der Waals surface area contributed by atoms with Crippen LogP contribution in [0.3, 0.4) is 0 Å². The number of nitrogens with zero attached hydrogens (tertiary/aromatic N) is 2. The van der Waals surface area contributed by atoms with Gasteiger partial charge in [-0.2, -0.15) is 0 Å². The molecule has 0 aliphatic carbocycles. The van der Waals surface area contributed by atoms with Gasteiger partial charge in [-0.25, -0.2) is 0 Å². The first-order valence-electron chi connectivity index (χ1n) is 15.9. The van der Waals surface area contributed by atoms with Crippen LogP contribution in [0.5, 0.6) is 0 Å². The molecule has 41 heavy (non-hydrogen) atoms. The summed E-state index contributed by atoms with van der Waals surface area (Å²) < 4.78 is 0. The number of hydrogen-bond acceptors (Lipinski definition) is 2. The molecule has 2 aromatic carbocycles. The number of aliphatic imine (C=N–C) groups is 2. The minimum atomic E-state index is 0. The number of rotatable bonds is 17. The first-order chi connectivity index (χ1) is 19.7. The van der Waals surface area contributed by atoms with E-state index in [1.165, 1.54) is 49.7 Å². The maximum atomic E-state index is 5.24. The van der Waals surface area contributed by atoms with E-state index in [0.29, 0.717) is 0 Å². The molecule has 2 rings (SSSR count). The van der Waals surface area contributed by atoms with E-state index >= 15 is 0 Å². The maximum absolute atomic E-state index is 5.24. The summed E-state index contributed by atoms with van der Waals surface area (Å²) in [5.41, 5.74) is 6.88. The Morgan fingerprint density at radius 3 is 1.49 bits per heavy atom. The van der Waals surface area contributed by atoms with Gasteiger partial charge < -0.3 is 0 Å². The average molecular weight is 596 g/mol. The number of unbranched alkanes of at least 4 members (excludes halogenated alkanes) is 8. The zero-order valence-electron chi connectivity index (χ0n) is 26.1. The minimum Gasteiger partial charge on any atom is -0.252 e. The van der Waals surface area contributed by atoms with Gasteiger partial charge in [0.05, 0.1) is 22.8 Å². The fraction of sp³-hybridized carbons (Fsp3) is 0.526. The topological polar surface area (TPSA) is 24.7 Å². The zero-order valence-corrected chi connectivity index (χ0v) is 27.1. The Hall–Kier alpha value is -2.61. The van der Waals surface area contributed by atoms with E-state index in [-0.39, 0.29) is 16.5 Å². The van der Waals surface area contributed by atoms with Crippen LogP contribution in [0.1, 0.15) is 129 Å². The van der Waals surface area contributed by atoms with Crippen molar-refractivity contribution in [2.24, 2.45) is 9.98 Å². The summed E-state index contributed by atoms with van der Waals surface area (Å²) in [6.45, 7) is 8.82. The van der Waals surface area contributed by atoms with Crippen LogP contribution >= 0.6 is 0 Å². The molecule has 0 aliphatic heterocycles. The maximum Gasteiger partial charge on any atom is 0.0665 e. The fourth-order valence-electron chi connectivity index (χ4n) is 4.53. The van der Waals surface area contributed by atoms with Crippen LogP contribution in [-0.2, 0) is 29.3 Å². The largest absolute Gasteiger partial charge is 0.252 e. The predicted octanol–water partition coefficient (Wildman–Crippen LogP) is 11.2. The summed E-state index contributed by atoms with van der Waals surface area (Å²) in [4.78, 5) is 10.4. The molecular formula is C38H52N2Ni. The Balaban J connectivity index is 0.00000840. The third-order valence-electron chi connectivity index (χ3n) is 7.02. The van der Waals surface area contributed by atoms with Crippen molar-refractivity contribution in [2.75, 3.05) is 0 Å². The van der Waals surface area contributed by atoms with Crippen molar-refractivity contribution in [3.05, 3.63) is 59.7 Å². The van der Waals surface area contributed by atoms with Crippen molar-refractivity contribution in [3.8, 4) is 23.7 Å². The van der Waals surface area contributed by atoms with Gasteiger partial charge in [0, 0.05) is 42.2 Å². The Morgan fingerprint density at radius 1 is 0.561 bits per heavy atom. The molecule has 2 aromatic rings. The summed E-state index contributed by atoms with van der Waals surface area (Å²) in [5, 5.41) is 0. The fourth-order valence-corrected chi connectivity index (χ4v) is 4.53. The summed E-state index contributed by atoms with van der Waals surface area (Å²) in [6, 6.07) is 17.2. The monoisotopic (exact) mass is 594 g/mol. The van der Waals surface area contributed by atoms with E-state index in [9.17, 15) is 0 Å². The van der Waals surface area contributed by atoms with E-state index in [4.69, 9.17) is 9.98 Å². The van der Waals surface area contributed by atoms with Crippen molar-refractivity contribution >= 4 is 22.8 Å². The second-order valence-electron chi connectivity index (χ2n) is 10.6. The van der Waals surface area contributed by atoms with Crippen LogP contribution in [-0.4, -0.2) is 11.4 Å². The number of para-hydroxylation sites is 2. The van der Waals surface area contributed by atoms with Gasteiger partial charge in [-0.3, -0.25) is 9.98 Å². The van der Waals surface area contributed by atoms with Gasteiger partial charge in [0.25, 0.3) is 0 Å². The Bertz CT molecular complexity index is 1170. The van der Waals surface area contributed by atoms with Gasteiger partial charge in [-0.05, 0) is 81.5 Å². The third kappa shape index (κ3) is 15.8. The molecule has 0 saturated heterocycles. The first-order valence-corrected chi connectivity index (χ1v) is 15.9. The molecular weight excluding hydrogens is 543 g/mol. The SMILES string of the molecule is CCCCC#CCCCc1ccccc1/N=C(CCCCC)\C(C)=N\c1ccccc1CCCC#CCCCC.[Ni]. The molecule has 0 radical (unpaired) electrons. The standard InChI is InChI=1S/C38H52N2.Ni/c1-5-8-11-13-15-17-20-26-34-28-22-24-31-37(34)39-33(4)36(30-19-10-7-3)40-38-32-25-23-29-35(38)27-21-18-16-14-12-9-6-2;/h22-25,28-29,31-32H,5-12,17-21,26-27,30H2,1-4H3;/b39-33+,40-36-;. The van der Waals surface area contributed by atoms with Crippen LogP contribution in [0.25, 0.3) is 0 Å². The number of aryl methyl sites for hydroxylation is 2. The normalized spacial score (nSPS) is 11.2. The third-order valence-corrected chi connectivity index (χ3v) is 7.02. The summed E-state index contributed by atoms with van der Waals surface area (Å²) in [7, 11) is 0. The van der Waals surface area contributed by atoms with Crippen LogP contribution in [0.15, 0.2) is 58.5 Å². The van der Waals surface area contributed by atoms with Gasteiger partial charge in [0.15, 0.2) is 0 Å². The van der Waals surface area contributed by atoms with Gasteiger partial charge in [-0.15, -0.1) is 23.7 Å². The van der Waals surface area contributed by atoms with E-state index in [1.54, 1.807) is 0 Å². The average Bonchev–Trinajstić information content (AvgIpc) is 2.97. The molecule has 0 unspecified atom stereocenters. The van der Waals surface area contributed by atoms with Crippen LogP contribution in [0, 0.1) is 23.7 Å². The summed E-state index contributed by atoms with van der Waals surface area (Å²) in [5.74, 6) is 13.3. The van der Waals surface area contributed by atoms with E-state index in [2.05, 4.69) is 99.9 Å². The van der Waals surface area contributed by atoms with Crippen LogP contribution in [0.4, 0.5) is 11.4 Å². The second kappa shape index (κ2) is 24.0. The Kier molecular flexibility index (Phi) is 21.4. The molecule has 0 aromatic heterocycles. The zero-order chi connectivity index (χ0) is 28.7. The smallest absolute Gasteiger partial charge is 0.0665 e. The Morgan fingerprint density at radius 2 is 1.00 bits per heavy atom. The van der Waals surface area contributed by atoms with Gasteiger partial charge >= 0.3 is 0 Å². The van der Waals surface area contributed by atoms with E-state index < -0.39 is 0 Å². The molecule has 0 amide bonds. The van der Waals surface area contributed by atoms with Crippen LogP contribution < -0.4 is 0 Å². The molecule has 0 heterocycles. The van der Waals surface area contributed by atoms with Crippen molar-refractivity contribution in [2.45, 2.75) is 130 Å². The molecule has 224 valence electrons. The molecule has 0 saturated carbocycles. The Labute approximate surface area is 262 Å². The molecule has 2 nitrogen and oxygen atoms in total. The summed E-state index contributed by atoms with van der Waals surface area (Å²) >= 11 is 0. The molecule has 0 atom stereocenters. The van der Waals surface area contributed by atoms with E-state index in [0.717, 1.165) is 87.0 Å².